The summed E-state index contributed by atoms with van der Waals surface area (Å²) >= 11 is 0. The first kappa shape index (κ1) is 29.9. The average Bonchev–Trinajstić information content (AvgIpc) is 3.53. The van der Waals surface area contributed by atoms with Crippen LogP contribution in [0.1, 0.15) is 22.3 Å². The molecule has 0 N–H and O–H groups in total. The Kier molecular flexibility index (Phi) is 6.57. The number of rotatable bonds is 4. The van der Waals surface area contributed by atoms with Gasteiger partial charge in [0.15, 0.2) is 0 Å². The van der Waals surface area contributed by atoms with Crippen LogP contribution >= 0.6 is 0 Å². The summed E-state index contributed by atoms with van der Waals surface area (Å²) in [5.41, 5.74) is 12.3. The second-order valence-electron chi connectivity index (χ2n) is 14.5. The summed E-state index contributed by atoms with van der Waals surface area (Å²) in [6.07, 6.45) is 0. The molecule has 10 aromatic carbocycles. The van der Waals surface area contributed by atoms with E-state index in [1.54, 1.807) is 0 Å². The quantitative estimate of drug-likeness (QED) is 0.164. The van der Waals surface area contributed by atoms with Crippen LogP contribution in [-0.4, -0.2) is 0 Å². The van der Waals surface area contributed by atoms with E-state index >= 15 is 0 Å². The maximum Gasteiger partial charge on any atom is 0.0713 e. The molecule has 0 bridgehead atoms. The molecule has 0 amide bonds. The molecule has 0 saturated carbocycles. The van der Waals surface area contributed by atoms with Gasteiger partial charge in [-0.2, -0.15) is 0 Å². The summed E-state index contributed by atoms with van der Waals surface area (Å²) in [6.45, 7) is 0. The molecular formula is C53H34. The van der Waals surface area contributed by atoms with E-state index in [0.29, 0.717) is 0 Å². The zero-order chi connectivity index (χ0) is 34.9. The van der Waals surface area contributed by atoms with Crippen molar-refractivity contribution >= 4 is 43.1 Å². The Labute approximate surface area is 309 Å². The fourth-order valence-corrected chi connectivity index (χ4v) is 9.09. The van der Waals surface area contributed by atoms with Crippen molar-refractivity contribution in [3.05, 3.63) is 229 Å². The molecule has 0 radical (unpaired) electrons. The second kappa shape index (κ2) is 11.6. The van der Waals surface area contributed by atoms with Gasteiger partial charge in [-0.05, 0) is 135 Å². The van der Waals surface area contributed by atoms with Gasteiger partial charge in [-0.15, -0.1) is 0 Å². The lowest BCUT2D eigenvalue weighted by atomic mass is 9.67. The highest BCUT2D eigenvalue weighted by atomic mass is 14.5. The maximum atomic E-state index is 2.36. The highest BCUT2D eigenvalue weighted by Crippen LogP contribution is 2.56. The topological polar surface area (TPSA) is 0 Å². The van der Waals surface area contributed by atoms with E-state index in [4.69, 9.17) is 0 Å². The molecule has 0 spiro atoms. The first-order chi connectivity index (χ1) is 26.2. The molecule has 0 atom stereocenters. The van der Waals surface area contributed by atoms with Crippen molar-refractivity contribution in [1.29, 1.82) is 0 Å². The Hall–Kier alpha value is -6.76. The molecule has 0 aliphatic heterocycles. The summed E-state index contributed by atoms with van der Waals surface area (Å²) in [6, 6.07) is 76.8. The van der Waals surface area contributed by atoms with Gasteiger partial charge in [-0.1, -0.05) is 170 Å². The van der Waals surface area contributed by atoms with Crippen LogP contribution in [0.5, 0.6) is 0 Å². The Morgan fingerprint density at radius 3 is 0.962 bits per heavy atom. The van der Waals surface area contributed by atoms with Gasteiger partial charge in [0.25, 0.3) is 0 Å². The average molecular weight is 671 g/mol. The van der Waals surface area contributed by atoms with Crippen LogP contribution in [0.4, 0.5) is 0 Å². The van der Waals surface area contributed by atoms with E-state index in [-0.39, 0.29) is 0 Å². The van der Waals surface area contributed by atoms with Gasteiger partial charge in [-0.3, -0.25) is 0 Å². The van der Waals surface area contributed by atoms with Gasteiger partial charge in [0.2, 0.25) is 0 Å². The molecule has 0 heterocycles. The van der Waals surface area contributed by atoms with Gasteiger partial charge in [0.05, 0.1) is 5.41 Å². The zero-order valence-corrected chi connectivity index (χ0v) is 29.1. The van der Waals surface area contributed by atoms with Crippen LogP contribution in [0.3, 0.4) is 0 Å². The smallest absolute Gasteiger partial charge is 0.0619 e. The van der Waals surface area contributed by atoms with E-state index in [9.17, 15) is 0 Å². The first-order valence-corrected chi connectivity index (χ1v) is 18.5. The van der Waals surface area contributed by atoms with Crippen molar-refractivity contribution in [1.82, 2.24) is 0 Å². The van der Waals surface area contributed by atoms with Gasteiger partial charge in [-0.25, -0.2) is 0 Å². The molecule has 1 aliphatic carbocycles. The molecule has 246 valence electrons. The van der Waals surface area contributed by atoms with Gasteiger partial charge >= 0.3 is 0 Å². The molecule has 0 saturated heterocycles. The van der Waals surface area contributed by atoms with Crippen LogP contribution in [0.25, 0.3) is 76.5 Å². The minimum atomic E-state index is -0.450. The molecule has 53 heavy (non-hydrogen) atoms. The maximum absolute atomic E-state index is 2.36. The number of benzene rings is 10. The summed E-state index contributed by atoms with van der Waals surface area (Å²) in [5.74, 6) is 0. The van der Waals surface area contributed by atoms with Crippen LogP contribution in [0.2, 0.25) is 0 Å². The molecular weight excluding hydrogens is 637 g/mol. The van der Waals surface area contributed by atoms with Gasteiger partial charge in [0.1, 0.15) is 0 Å². The third-order valence-electron chi connectivity index (χ3n) is 11.7. The fourth-order valence-electron chi connectivity index (χ4n) is 9.09. The molecule has 0 fully saturated rings. The zero-order valence-electron chi connectivity index (χ0n) is 29.1. The lowest BCUT2D eigenvalue weighted by Crippen LogP contribution is -2.28. The predicted octanol–water partition coefficient (Wildman–Crippen LogP) is 14.0. The molecule has 0 aromatic heterocycles. The fraction of sp³-hybridized carbons (Fsp3) is 0.0189. The van der Waals surface area contributed by atoms with Crippen molar-refractivity contribution < 1.29 is 0 Å². The molecule has 1 aliphatic rings. The lowest BCUT2D eigenvalue weighted by molar-refractivity contribution is 0.769. The minimum absolute atomic E-state index is 0.450. The van der Waals surface area contributed by atoms with E-state index in [2.05, 4.69) is 206 Å². The SMILES string of the molecule is c1ccc2c(c1)-c1ccccc1C2(c1ccc(-c2ccc3cc4ccccc4cc3c2)cc1)c1ccc(-c2ccc3cc4ccccc4cc3c2)cc1. The molecule has 10 aromatic rings. The normalized spacial score (nSPS) is 13.1. The van der Waals surface area contributed by atoms with Gasteiger partial charge < -0.3 is 0 Å². The van der Waals surface area contributed by atoms with E-state index in [1.807, 2.05) is 0 Å². The van der Waals surface area contributed by atoms with E-state index in [1.165, 1.54) is 98.7 Å². The van der Waals surface area contributed by atoms with Crippen molar-refractivity contribution in [3.63, 3.8) is 0 Å². The van der Waals surface area contributed by atoms with Crippen molar-refractivity contribution in [2.45, 2.75) is 5.41 Å². The highest BCUT2D eigenvalue weighted by Gasteiger charge is 2.45. The Balaban J connectivity index is 1.04. The van der Waals surface area contributed by atoms with Crippen molar-refractivity contribution in [2.75, 3.05) is 0 Å². The molecule has 11 rings (SSSR count). The molecule has 0 nitrogen and oxygen atoms in total. The predicted molar refractivity (Wildman–Crippen MR) is 225 cm³/mol. The lowest BCUT2D eigenvalue weighted by Gasteiger charge is -2.34. The Morgan fingerprint density at radius 1 is 0.226 bits per heavy atom. The Morgan fingerprint density at radius 2 is 0.547 bits per heavy atom. The van der Waals surface area contributed by atoms with Crippen LogP contribution in [0, 0.1) is 0 Å². The summed E-state index contributed by atoms with van der Waals surface area (Å²) in [5, 5.41) is 10.2. The summed E-state index contributed by atoms with van der Waals surface area (Å²) in [4.78, 5) is 0. The largest absolute Gasteiger partial charge is 0.0713 e. The second-order valence-corrected chi connectivity index (χ2v) is 14.5. The van der Waals surface area contributed by atoms with Crippen molar-refractivity contribution in [3.8, 4) is 33.4 Å². The van der Waals surface area contributed by atoms with E-state index in [0.717, 1.165) is 0 Å². The highest BCUT2D eigenvalue weighted by molar-refractivity contribution is 6.01. The summed E-state index contributed by atoms with van der Waals surface area (Å²) < 4.78 is 0. The molecule has 0 heteroatoms. The first-order valence-electron chi connectivity index (χ1n) is 18.5. The summed E-state index contributed by atoms with van der Waals surface area (Å²) in [7, 11) is 0. The standard InChI is InChI=1S/C53H34/c1-3-11-39-31-45-33-41(17-19-43(45)29-37(39)9-1)35-21-25-47(26-22-35)53(51-15-7-5-13-49(51)50-14-6-8-16-52(50)53)48-27-23-36(24-28-48)42-18-20-44-30-38-10-2-4-12-40(38)32-46(44)34-42/h1-34H. The molecule has 0 unspecified atom stereocenters. The number of hydrogen-bond acceptors (Lipinski definition) is 0. The van der Waals surface area contributed by atoms with E-state index < -0.39 is 5.41 Å². The third kappa shape index (κ3) is 4.62. The van der Waals surface area contributed by atoms with Gasteiger partial charge in [0, 0.05) is 0 Å². The van der Waals surface area contributed by atoms with Crippen LogP contribution < -0.4 is 0 Å². The number of fused-ring (bicyclic) bond motifs is 7. The minimum Gasteiger partial charge on any atom is -0.0619 e. The number of hydrogen-bond donors (Lipinski definition) is 0. The van der Waals surface area contributed by atoms with Crippen LogP contribution in [0.15, 0.2) is 206 Å². The third-order valence-corrected chi connectivity index (χ3v) is 11.7. The monoisotopic (exact) mass is 670 g/mol. The van der Waals surface area contributed by atoms with Crippen LogP contribution in [-0.2, 0) is 5.41 Å². The Bertz CT molecular complexity index is 2830. The van der Waals surface area contributed by atoms with Crippen molar-refractivity contribution in [2.24, 2.45) is 0 Å².